The first kappa shape index (κ1) is 22.3. The van der Waals surface area contributed by atoms with Gasteiger partial charge < -0.3 is 10.2 Å². The Labute approximate surface area is 179 Å². The van der Waals surface area contributed by atoms with Crippen molar-refractivity contribution < 1.29 is 14.4 Å². The average molecular weight is 415 g/mol. The van der Waals surface area contributed by atoms with Crippen LogP contribution in [0.5, 0.6) is 0 Å². The molecule has 30 heavy (non-hydrogen) atoms. The molecule has 3 rings (SSSR count). The van der Waals surface area contributed by atoms with Gasteiger partial charge in [0.1, 0.15) is 0 Å². The van der Waals surface area contributed by atoms with Gasteiger partial charge in [0, 0.05) is 32.2 Å². The predicted molar refractivity (Wildman–Crippen MR) is 116 cm³/mol. The van der Waals surface area contributed by atoms with E-state index in [1.165, 1.54) is 12.0 Å². The number of hydrogen-bond acceptors (Lipinski definition) is 4. The molecule has 2 unspecified atom stereocenters. The maximum atomic E-state index is 12.5. The van der Waals surface area contributed by atoms with E-state index in [0.29, 0.717) is 38.5 Å². The molecule has 7 heteroatoms. The number of imide groups is 1. The zero-order valence-corrected chi connectivity index (χ0v) is 18.2. The van der Waals surface area contributed by atoms with E-state index in [1.54, 1.807) is 0 Å². The van der Waals surface area contributed by atoms with E-state index in [4.69, 9.17) is 0 Å². The van der Waals surface area contributed by atoms with Gasteiger partial charge in [-0.15, -0.1) is 0 Å². The molecule has 1 aliphatic heterocycles. The smallest absolute Gasteiger partial charge is 0.321 e. The second kappa shape index (κ2) is 10.6. The summed E-state index contributed by atoms with van der Waals surface area (Å²) in [5, 5.41) is 5.40. The van der Waals surface area contributed by atoms with E-state index < -0.39 is 6.03 Å². The molecular formula is C23H34N4O3. The molecule has 1 aliphatic carbocycles. The zero-order chi connectivity index (χ0) is 21.5. The molecule has 7 nitrogen and oxygen atoms in total. The maximum absolute atomic E-state index is 12.5. The summed E-state index contributed by atoms with van der Waals surface area (Å²) in [4.78, 5) is 40.7. The Morgan fingerprint density at radius 1 is 1.00 bits per heavy atom. The molecule has 4 amide bonds. The van der Waals surface area contributed by atoms with Crippen molar-refractivity contribution in [1.82, 2.24) is 20.4 Å². The third kappa shape index (κ3) is 6.55. The van der Waals surface area contributed by atoms with E-state index in [0.717, 1.165) is 24.8 Å². The van der Waals surface area contributed by atoms with Gasteiger partial charge in [-0.3, -0.25) is 19.8 Å². The highest BCUT2D eigenvalue weighted by Crippen LogP contribution is 2.23. The summed E-state index contributed by atoms with van der Waals surface area (Å²) in [6.07, 6.45) is 4.82. The molecule has 1 aromatic rings. The number of nitrogens with one attached hydrogen (secondary N) is 2. The number of benzene rings is 1. The molecule has 1 heterocycles. The Hall–Kier alpha value is -2.41. The van der Waals surface area contributed by atoms with Crippen LogP contribution in [-0.2, 0) is 16.0 Å². The number of hydrogen-bond donors (Lipinski definition) is 2. The molecule has 0 radical (unpaired) electrons. The Bertz CT molecular complexity index is 741. The van der Waals surface area contributed by atoms with E-state index in [2.05, 4.69) is 17.6 Å². The second-order valence-electron chi connectivity index (χ2n) is 8.71. The summed E-state index contributed by atoms with van der Waals surface area (Å²) in [5.74, 6) is 0.268. The van der Waals surface area contributed by atoms with Crippen molar-refractivity contribution in [3.05, 3.63) is 35.4 Å². The third-order valence-electron chi connectivity index (χ3n) is 6.25. The lowest BCUT2D eigenvalue weighted by Crippen LogP contribution is -2.53. The molecule has 0 bridgehead atoms. The standard InChI is InChI=1S/C23H34N4O3/c1-17-7-9-19(10-8-17)15-22(29)27-13-11-26(12-14-27)16-21(28)25-23(30)24-20-6-4-3-5-18(20)2/h7-10,18,20H,3-6,11-16H2,1-2H3,(H2,24,25,28,30). The number of piperazine rings is 1. The van der Waals surface area contributed by atoms with E-state index in [-0.39, 0.29) is 24.4 Å². The maximum Gasteiger partial charge on any atom is 0.321 e. The summed E-state index contributed by atoms with van der Waals surface area (Å²) in [6, 6.07) is 7.77. The van der Waals surface area contributed by atoms with Gasteiger partial charge in [-0.25, -0.2) is 4.79 Å². The zero-order valence-electron chi connectivity index (χ0n) is 18.2. The van der Waals surface area contributed by atoms with Crippen molar-refractivity contribution >= 4 is 17.8 Å². The summed E-state index contributed by atoms with van der Waals surface area (Å²) in [7, 11) is 0. The molecule has 2 fully saturated rings. The van der Waals surface area contributed by atoms with Crippen molar-refractivity contribution in [2.45, 2.75) is 52.0 Å². The fraction of sp³-hybridized carbons (Fsp3) is 0.609. The number of amides is 4. The van der Waals surface area contributed by atoms with Gasteiger partial charge in [-0.2, -0.15) is 0 Å². The van der Waals surface area contributed by atoms with Gasteiger partial charge >= 0.3 is 6.03 Å². The lowest BCUT2D eigenvalue weighted by atomic mass is 9.86. The van der Waals surface area contributed by atoms with E-state index >= 15 is 0 Å². The van der Waals surface area contributed by atoms with Crippen LogP contribution in [0.1, 0.15) is 43.7 Å². The Morgan fingerprint density at radius 3 is 2.33 bits per heavy atom. The number of aryl methyl sites for hydroxylation is 1. The predicted octanol–water partition coefficient (Wildman–Crippen LogP) is 2.09. The largest absolute Gasteiger partial charge is 0.340 e. The average Bonchev–Trinajstić information content (AvgIpc) is 2.72. The highest BCUT2D eigenvalue weighted by molar-refractivity contribution is 5.95. The molecule has 1 aromatic carbocycles. The number of carbonyl (C=O) groups is 3. The van der Waals surface area contributed by atoms with Crippen LogP contribution in [0.2, 0.25) is 0 Å². The highest BCUT2D eigenvalue weighted by Gasteiger charge is 2.25. The fourth-order valence-electron chi connectivity index (χ4n) is 4.25. The molecule has 2 atom stereocenters. The van der Waals surface area contributed by atoms with Crippen molar-refractivity contribution in [2.75, 3.05) is 32.7 Å². The topological polar surface area (TPSA) is 81.8 Å². The number of urea groups is 1. The van der Waals surface area contributed by atoms with Crippen molar-refractivity contribution in [2.24, 2.45) is 5.92 Å². The van der Waals surface area contributed by atoms with Gasteiger partial charge in [-0.1, -0.05) is 49.6 Å². The first-order valence-corrected chi connectivity index (χ1v) is 11.1. The van der Waals surface area contributed by atoms with Crippen LogP contribution < -0.4 is 10.6 Å². The molecule has 0 spiro atoms. The van der Waals surface area contributed by atoms with Crippen LogP contribution >= 0.6 is 0 Å². The quantitative estimate of drug-likeness (QED) is 0.773. The van der Waals surface area contributed by atoms with Crippen LogP contribution in [0, 0.1) is 12.8 Å². The molecule has 2 N–H and O–H groups in total. The summed E-state index contributed by atoms with van der Waals surface area (Å²) in [5.41, 5.74) is 2.20. The van der Waals surface area contributed by atoms with Gasteiger partial charge in [0.05, 0.1) is 13.0 Å². The summed E-state index contributed by atoms with van der Waals surface area (Å²) < 4.78 is 0. The van der Waals surface area contributed by atoms with Crippen LogP contribution in [0.15, 0.2) is 24.3 Å². The third-order valence-corrected chi connectivity index (χ3v) is 6.25. The Kier molecular flexibility index (Phi) is 7.85. The van der Waals surface area contributed by atoms with Crippen molar-refractivity contribution in [3.8, 4) is 0 Å². The molecule has 164 valence electrons. The van der Waals surface area contributed by atoms with Gasteiger partial charge in [-0.05, 0) is 31.2 Å². The summed E-state index contributed by atoms with van der Waals surface area (Å²) >= 11 is 0. The monoisotopic (exact) mass is 414 g/mol. The first-order valence-electron chi connectivity index (χ1n) is 11.1. The molecular weight excluding hydrogens is 380 g/mol. The van der Waals surface area contributed by atoms with Gasteiger partial charge in [0.15, 0.2) is 0 Å². The van der Waals surface area contributed by atoms with Crippen LogP contribution in [0.3, 0.4) is 0 Å². The van der Waals surface area contributed by atoms with Gasteiger partial charge in [0.2, 0.25) is 11.8 Å². The van der Waals surface area contributed by atoms with E-state index in [1.807, 2.05) is 41.0 Å². The normalized spacial score (nSPS) is 22.4. The Morgan fingerprint density at radius 2 is 1.67 bits per heavy atom. The fourth-order valence-corrected chi connectivity index (χ4v) is 4.25. The minimum atomic E-state index is -0.398. The SMILES string of the molecule is Cc1ccc(CC(=O)N2CCN(CC(=O)NC(=O)NC3CCCCC3C)CC2)cc1. The highest BCUT2D eigenvalue weighted by atomic mass is 16.2. The molecule has 2 aliphatic rings. The number of nitrogens with zero attached hydrogens (tertiary/aromatic N) is 2. The summed E-state index contributed by atoms with van der Waals surface area (Å²) in [6.45, 7) is 6.82. The molecule has 1 saturated carbocycles. The Balaban J connectivity index is 1.36. The number of rotatable bonds is 5. The van der Waals surface area contributed by atoms with Crippen LogP contribution in [0.25, 0.3) is 0 Å². The van der Waals surface area contributed by atoms with Gasteiger partial charge in [0.25, 0.3) is 0 Å². The minimum Gasteiger partial charge on any atom is -0.340 e. The second-order valence-corrected chi connectivity index (χ2v) is 8.71. The van der Waals surface area contributed by atoms with Crippen molar-refractivity contribution in [3.63, 3.8) is 0 Å². The minimum absolute atomic E-state index is 0.115. The van der Waals surface area contributed by atoms with E-state index in [9.17, 15) is 14.4 Å². The van der Waals surface area contributed by atoms with Crippen LogP contribution in [0.4, 0.5) is 4.79 Å². The first-order chi connectivity index (χ1) is 14.4. The van der Waals surface area contributed by atoms with Crippen LogP contribution in [-0.4, -0.2) is 66.4 Å². The molecule has 0 aromatic heterocycles. The lowest BCUT2D eigenvalue weighted by Gasteiger charge is -2.34. The molecule has 1 saturated heterocycles. The van der Waals surface area contributed by atoms with Crippen molar-refractivity contribution in [1.29, 1.82) is 0 Å². The number of carbonyl (C=O) groups excluding carboxylic acids is 3. The lowest BCUT2D eigenvalue weighted by molar-refractivity contribution is -0.132.